The number of rotatable bonds is 8. The molecule has 66 heavy (non-hydrogen) atoms. The molecule has 2 nitrogen and oxygen atoms in total. The van der Waals surface area contributed by atoms with Gasteiger partial charge < -0.3 is 9.32 Å². The van der Waals surface area contributed by atoms with E-state index in [1.165, 1.54) is 64.7 Å². The van der Waals surface area contributed by atoms with Crippen LogP contribution in [0.1, 0.15) is 22.3 Å². The maximum Gasteiger partial charge on any atom is 0.135 e. The Hall–Kier alpha value is -8.24. The Morgan fingerprint density at radius 1 is 0.364 bits per heavy atom. The molecule has 0 saturated carbocycles. The molecule has 0 N–H and O–H groups in total. The second-order valence-corrected chi connectivity index (χ2v) is 18.2. The van der Waals surface area contributed by atoms with E-state index in [1.54, 1.807) is 0 Å². The summed E-state index contributed by atoms with van der Waals surface area (Å²) in [4.78, 5) is 2.38. The number of fused-ring (bicyclic) bond motifs is 7. The van der Waals surface area contributed by atoms with Gasteiger partial charge in [-0.05, 0) is 116 Å². The number of benzene rings is 10. The zero-order valence-corrected chi connectivity index (χ0v) is 36.8. The van der Waals surface area contributed by atoms with Gasteiger partial charge >= 0.3 is 0 Å². The molecule has 0 amide bonds. The van der Waals surface area contributed by atoms with E-state index >= 15 is 0 Å². The maximum absolute atomic E-state index is 6.27. The van der Waals surface area contributed by atoms with Crippen molar-refractivity contribution in [2.24, 2.45) is 0 Å². The van der Waals surface area contributed by atoms with Crippen LogP contribution < -0.4 is 4.90 Å². The van der Waals surface area contributed by atoms with Gasteiger partial charge in [-0.1, -0.05) is 188 Å². The molecule has 2 heterocycles. The highest BCUT2D eigenvalue weighted by Crippen LogP contribution is 2.56. The minimum Gasteiger partial charge on any atom is -0.456 e. The normalized spacial score (nSPS) is 12.7. The summed E-state index contributed by atoms with van der Waals surface area (Å²) in [5, 5.41) is 3.71. The Morgan fingerprint density at radius 2 is 0.894 bits per heavy atom. The van der Waals surface area contributed by atoms with E-state index in [0.717, 1.165) is 50.5 Å². The number of anilines is 3. The highest BCUT2D eigenvalue weighted by Gasteiger charge is 2.45. The molecule has 3 heteroatoms. The third-order valence-electron chi connectivity index (χ3n) is 13.6. The van der Waals surface area contributed by atoms with E-state index < -0.39 is 5.41 Å². The van der Waals surface area contributed by atoms with Gasteiger partial charge in [0.1, 0.15) is 11.3 Å². The van der Waals surface area contributed by atoms with Gasteiger partial charge in [0.2, 0.25) is 0 Å². The quantitative estimate of drug-likeness (QED) is 0.151. The Morgan fingerprint density at radius 3 is 1.59 bits per heavy atom. The lowest BCUT2D eigenvalue weighted by Crippen LogP contribution is -2.28. The van der Waals surface area contributed by atoms with Crippen molar-refractivity contribution in [1.29, 1.82) is 0 Å². The third kappa shape index (κ3) is 6.09. The van der Waals surface area contributed by atoms with Crippen LogP contribution in [0.25, 0.3) is 75.8 Å². The van der Waals surface area contributed by atoms with Crippen LogP contribution in [0.15, 0.2) is 253 Å². The summed E-state index contributed by atoms with van der Waals surface area (Å²) in [5.41, 5.74) is 17.2. The fourth-order valence-corrected chi connectivity index (χ4v) is 11.8. The molecule has 0 radical (unpaired) electrons. The lowest BCUT2D eigenvalue weighted by atomic mass is 9.68. The minimum absolute atomic E-state index is 0.466. The molecule has 0 aliphatic heterocycles. The summed E-state index contributed by atoms with van der Waals surface area (Å²) in [6.45, 7) is 0. The fourth-order valence-electron chi connectivity index (χ4n) is 10.6. The SMILES string of the molecule is c1ccc(-c2cc3cc(-c4ccc(N(c5ccc(-c6cccc7c6sc6ccccc67)cc5)c5ccc(C6(c7ccccc7)c7ccccc7-c7ccccc76)cc5)cc4)ccc3o2)cc1. The van der Waals surface area contributed by atoms with Crippen molar-refractivity contribution >= 4 is 59.5 Å². The van der Waals surface area contributed by atoms with Gasteiger partial charge in [0, 0.05) is 48.2 Å². The number of thiophene rings is 1. The van der Waals surface area contributed by atoms with Crippen LogP contribution in [-0.4, -0.2) is 0 Å². The van der Waals surface area contributed by atoms with Gasteiger partial charge in [0.25, 0.3) is 0 Å². The van der Waals surface area contributed by atoms with Crippen molar-refractivity contribution in [2.75, 3.05) is 4.90 Å². The molecule has 310 valence electrons. The van der Waals surface area contributed by atoms with Gasteiger partial charge in [-0.25, -0.2) is 0 Å². The van der Waals surface area contributed by atoms with Crippen molar-refractivity contribution in [3.05, 3.63) is 271 Å². The molecule has 0 unspecified atom stereocenters. The van der Waals surface area contributed by atoms with Crippen LogP contribution in [0.4, 0.5) is 17.1 Å². The van der Waals surface area contributed by atoms with Crippen LogP contribution in [-0.2, 0) is 5.41 Å². The molecule has 0 spiro atoms. The summed E-state index contributed by atoms with van der Waals surface area (Å²) >= 11 is 1.87. The number of nitrogens with zero attached hydrogens (tertiary/aromatic N) is 1. The summed E-state index contributed by atoms with van der Waals surface area (Å²) in [6, 6.07) is 90.6. The predicted octanol–water partition coefficient (Wildman–Crippen LogP) is 17.6. The van der Waals surface area contributed by atoms with E-state index in [4.69, 9.17) is 4.42 Å². The molecule has 0 fully saturated rings. The summed E-state index contributed by atoms with van der Waals surface area (Å²) in [7, 11) is 0. The maximum atomic E-state index is 6.27. The van der Waals surface area contributed by atoms with E-state index in [1.807, 2.05) is 29.5 Å². The second kappa shape index (κ2) is 15.5. The standard InChI is InChI=1S/C63H41NOS/c1-3-14-44(15-4-1)60-41-46-40-45(30-39-59(46)65-60)42-26-33-49(34-27-42)64(50-35-28-43(29-36-50)52-21-13-22-56-55-20-9-12-25-61(55)66-62(52)56)51-37-31-48(32-38-51)63(47-16-5-2-6-17-47)57-23-10-7-18-53(57)54-19-8-11-24-58(54)63/h1-41H. The third-order valence-corrected chi connectivity index (χ3v) is 14.8. The Bertz CT molecular complexity index is 3690. The molecule has 1 aliphatic carbocycles. The monoisotopic (exact) mass is 859 g/mol. The first-order valence-electron chi connectivity index (χ1n) is 22.6. The predicted molar refractivity (Wildman–Crippen MR) is 277 cm³/mol. The topological polar surface area (TPSA) is 16.4 Å². The molecule has 0 saturated heterocycles. The zero-order valence-electron chi connectivity index (χ0n) is 35.9. The van der Waals surface area contributed by atoms with Gasteiger partial charge in [-0.2, -0.15) is 0 Å². The number of hydrogen-bond acceptors (Lipinski definition) is 3. The molecule has 0 atom stereocenters. The number of furan rings is 1. The smallest absolute Gasteiger partial charge is 0.135 e. The van der Waals surface area contributed by atoms with Crippen LogP contribution in [0.5, 0.6) is 0 Å². The molecule has 1 aliphatic rings. The Labute approximate surface area is 387 Å². The first kappa shape index (κ1) is 38.2. The first-order chi connectivity index (χ1) is 32.7. The summed E-state index contributed by atoms with van der Waals surface area (Å²) in [5.74, 6) is 0.877. The van der Waals surface area contributed by atoms with Crippen molar-refractivity contribution < 1.29 is 4.42 Å². The van der Waals surface area contributed by atoms with E-state index in [2.05, 4.69) is 235 Å². The average Bonchev–Trinajstić information content (AvgIpc) is 4.09. The van der Waals surface area contributed by atoms with Crippen LogP contribution in [0.3, 0.4) is 0 Å². The first-order valence-corrected chi connectivity index (χ1v) is 23.4. The molecule has 0 bridgehead atoms. The molecule has 12 aromatic rings. The largest absolute Gasteiger partial charge is 0.456 e. The average molecular weight is 860 g/mol. The molecular weight excluding hydrogens is 819 g/mol. The van der Waals surface area contributed by atoms with Gasteiger partial charge in [0.15, 0.2) is 0 Å². The van der Waals surface area contributed by atoms with Gasteiger partial charge in [-0.3, -0.25) is 0 Å². The highest BCUT2D eigenvalue weighted by molar-refractivity contribution is 7.26. The van der Waals surface area contributed by atoms with Crippen molar-refractivity contribution in [2.45, 2.75) is 5.41 Å². The fraction of sp³-hybridized carbons (Fsp3) is 0.0159. The van der Waals surface area contributed by atoms with Crippen molar-refractivity contribution in [3.63, 3.8) is 0 Å². The zero-order chi connectivity index (χ0) is 43.6. The van der Waals surface area contributed by atoms with Gasteiger partial charge in [-0.15, -0.1) is 11.3 Å². The lowest BCUT2D eigenvalue weighted by molar-refractivity contribution is 0.631. The summed E-state index contributed by atoms with van der Waals surface area (Å²) < 4.78 is 8.90. The Kier molecular flexibility index (Phi) is 8.97. The second-order valence-electron chi connectivity index (χ2n) is 17.2. The molecule has 2 aromatic heterocycles. The van der Waals surface area contributed by atoms with E-state index in [9.17, 15) is 0 Å². The molecule has 13 rings (SSSR count). The highest BCUT2D eigenvalue weighted by atomic mass is 32.1. The lowest BCUT2D eigenvalue weighted by Gasteiger charge is -2.34. The molecule has 10 aromatic carbocycles. The summed E-state index contributed by atoms with van der Waals surface area (Å²) in [6.07, 6.45) is 0. The van der Waals surface area contributed by atoms with Crippen LogP contribution in [0, 0.1) is 0 Å². The molecular formula is C63H41NOS. The van der Waals surface area contributed by atoms with Crippen molar-refractivity contribution in [3.8, 4) is 44.7 Å². The van der Waals surface area contributed by atoms with Gasteiger partial charge in [0.05, 0.1) is 5.41 Å². The van der Waals surface area contributed by atoms with E-state index in [0.29, 0.717) is 0 Å². The van der Waals surface area contributed by atoms with Crippen LogP contribution >= 0.6 is 11.3 Å². The minimum atomic E-state index is -0.466. The van der Waals surface area contributed by atoms with Crippen LogP contribution in [0.2, 0.25) is 0 Å². The van der Waals surface area contributed by atoms with E-state index in [-0.39, 0.29) is 0 Å². The van der Waals surface area contributed by atoms with Crippen molar-refractivity contribution in [1.82, 2.24) is 0 Å². The number of hydrogen-bond donors (Lipinski definition) is 0. The Balaban J connectivity index is 0.920.